The van der Waals surface area contributed by atoms with Crippen molar-refractivity contribution in [1.29, 1.82) is 0 Å². The zero-order valence-corrected chi connectivity index (χ0v) is 44.2. The molecule has 2 aromatic rings. The molecule has 0 unspecified atom stereocenters. The van der Waals surface area contributed by atoms with Gasteiger partial charge in [-0.3, -0.25) is 0 Å². The molecular formula is C52H80S8. The van der Waals surface area contributed by atoms with E-state index in [1.54, 1.807) is 8.47 Å². The number of benzene rings is 2. The van der Waals surface area contributed by atoms with E-state index in [1.807, 2.05) is 23.5 Å². The van der Waals surface area contributed by atoms with Crippen LogP contribution in [0.25, 0.3) is 0 Å². The monoisotopic (exact) mass is 960 g/mol. The van der Waals surface area contributed by atoms with Gasteiger partial charge in [-0.25, -0.2) is 0 Å². The Labute approximate surface area is 404 Å². The van der Waals surface area contributed by atoms with Crippen molar-refractivity contribution >= 4 is 94.1 Å². The van der Waals surface area contributed by atoms with Gasteiger partial charge < -0.3 is 0 Å². The molecule has 0 aliphatic carbocycles. The van der Waals surface area contributed by atoms with E-state index < -0.39 is 0 Å². The van der Waals surface area contributed by atoms with E-state index in [9.17, 15) is 0 Å². The normalized spacial score (nSPS) is 14.4. The van der Waals surface area contributed by atoms with Crippen molar-refractivity contribution in [3.63, 3.8) is 0 Å². The zero-order chi connectivity index (χ0) is 42.0. The molecular weight excluding hydrogens is 881 g/mol. The molecule has 8 heteroatoms. The molecule has 0 spiro atoms. The van der Waals surface area contributed by atoms with E-state index in [-0.39, 0.29) is 0 Å². The Morgan fingerprint density at radius 1 is 0.300 bits per heavy atom. The van der Waals surface area contributed by atoms with Crippen LogP contribution in [0.5, 0.6) is 0 Å². The Morgan fingerprint density at radius 2 is 0.550 bits per heavy atom. The molecule has 0 saturated carbocycles. The van der Waals surface area contributed by atoms with Gasteiger partial charge in [0.1, 0.15) is 0 Å². The number of hydrogen-bond acceptors (Lipinski definition) is 8. The minimum Gasteiger partial charge on any atom is -0.117 e. The van der Waals surface area contributed by atoms with E-state index >= 15 is 0 Å². The van der Waals surface area contributed by atoms with Gasteiger partial charge in [0.2, 0.25) is 0 Å². The summed E-state index contributed by atoms with van der Waals surface area (Å²) >= 11 is 16.7. The van der Waals surface area contributed by atoms with Crippen LogP contribution >= 0.6 is 94.1 Å². The van der Waals surface area contributed by atoms with Crippen molar-refractivity contribution < 1.29 is 0 Å². The topological polar surface area (TPSA) is 0 Å². The lowest BCUT2D eigenvalue weighted by molar-refractivity contribution is 0.538. The Hall–Kier alpha value is 0.460. The minimum atomic E-state index is 1.03. The largest absolute Gasteiger partial charge is 0.117 e. The summed E-state index contributed by atoms with van der Waals surface area (Å²) in [7, 11) is 0. The van der Waals surface area contributed by atoms with E-state index in [4.69, 9.17) is 0 Å². The average Bonchev–Trinajstić information content (AvgIpc) is 3.89. The van der Waals surface area contributed by atoms with Crippen LogP contribution in [-0.4, -0.2) is 11.5 Å². The first-order valence-corrected chi connectivity index (χ1v) is 31.5. The fourth-order valence-electron chi connectivity index (χ4n) is 7.43. The van der Waals surface area contributed by atoms with Crippen LogP contribution in [0.3, 0.4) is 0 Å². The van der Waals surface area contributed by atoms with Crippen molar-refractivity contribution in [3.05, 3.63) is 97.2 Å². The maximum atomic E-state index is 2.31. The van der Waals surface area contributed by atoms with Gasteiger partial charge in [0.15, 0.2) is 0 Å². The van der Waals surface area contributed by atoms with Gasteiger partial charge in [0, 0.05) is 11.5 Å². The summed E-state index contributed by atoms with van der Waals surface area (Å²) in [6.45, 7) is 4.63. The second-order valence-corrected chi connectivity index (χ2v) is 26.4. The third-order valence-corrected chi connectivity index (χ3v) is 23.0. The molecule has 0 fully saturated rings. The van der Waals surface area contributed by atoms with Crippen LogP contribution in [0.2, 0.25) is 0 Å². The Kier molecular flexibility index (Phi) is 32.4. The van der Waals surface area contributed by atoms with Crippen molar-refractivity contribution in [2.45, 2.75) is 205 Å². The van der Waals surface area contributed by atoms with Crippen molar-refractivity contribution in [2.24, 2.45) is 0 Å². The fraction of sp³-hybridized carbons (Fsp3) is 0.654. The number of unbranched alkanes of at least 4 members (excludes halogenated alkanes) is 26. The summed E-state index contributed by atoms with van der Waals surface area (Å²) in [6, 6.07) is 22.0. The van der Waals surface area contributed by atoms with Crippen LogP contribution in [0, 0.1) is 0 Å². The second-order valence-electron chi connectivity index (χ2n) is 16.6. The molecule has 0 atom stereocenters. The molecule has 0 saturated heterocycles. The SMILES string of the molecule is CCCCCCCCCCCCCCCCSC1=C(SCCCCCCCCCCCCCCCC)SC(=C2SC(SCc3ccccc3)=C(SCc3ccccc3)S2)S1. The van der Waals surface area contributed by atoms with Gasteiger partial charge in [0.05, 0.1) is 25.4 Å². The second kappa shape index (κ2) is 36.7. The highest BCUT2D eigenvalue weighted by Crippen LogP contribution is 2.66. The fourth-order valence-corrected chi connectivity index (χ4v) is 19.5. The molecule has 0 amide bonds. The van der Waals surface area contributed by atoms with Gasteiger partial charge >= 0.3 is 0 Å². The molecule has 0 aromatic heterocycles. The van der Waals surface area contributed by atoms with Crippen molar-refractivity contribution in [1.82, 2.24) is 0 Å². The molecule has 0 radical (unpaired) electrons. The van der Waals surface area contributed by atoms with E-state index in [0.717, 1.165) is 11.5 Å². The lowest BCUT2D eigenvalue weighted by Crippen LogP contribution is -1.85. The number of thioether (sulfide) groups is 8. The first kappa shape index (κ1) is 53.1. The molecule has 2 aliphatic rings. The third-order valence-electron chi connectivity index (χ3n) is 11.1. The molecule has 0 nitrogen and oxygen atoms in total. The highest BCUT2D eigenvalue weighted by atomic mass is 32.3. The van der Waals surface area contributed by atoms with Crippen molar-refractivity contribution in [2.75, 3.05) is 11.5 Å². The minimum absolute atomic E-state index is 1.03. The maximum absolute atomic E-state index is 2.31. The summed E-state index contributed by atoms with van der Waals surface area (Å²) in [6.07, 6.45) is 40.0. The van der Waals surface area contributed by atoms with Gasteiger partial charge in [-0.15, -0.1) is 47.0 Å². The smallest absolute Gasteiger partial charge is 0.0717 e. The first-order chi connectivity index (χ1) is 29.8. The van der Waals surface area contributed by atoms with Crippen molar-refractivity contribution in [3.8, 4) is 0 Å². The quantitative estimate of drug-likeness (QED) is 0.0603. The first-order valence-electron chi connectivity index (χ1n) is 24.3. The van der Waals surface area contributed by atoms with Crippen LogP contribution < -0.4 is 0 Å². The van der Waals surface area contributed by atoms with Crippen LogP contribution in [-0.2, 0) is 11.5 Å². The summed E-state index contributed by atoms with van der Waals surface area (Å²) in [5, 5.41) is 0. The average molecular weight is 962 g/mol. The molecule has 0 N–H and O–H groups in total. The predicted molar refractivity (Wildman–Crippen MR) is 292 cm³/mol. The van der Waals surface area contributed by atoms with E-state index in [0.29, 0.717) is 0 Å². The standard InChI is InChI=1S/C52H80S8/c1-3-5-7-9-11-13-15-17-19-21-23-25-27-35-41-53-47-48(54-42-36-28-26-24-22-20-18-16-14-12-10-8-6-4-2)58-51(57-47)52-59-49(55-43-45-37-31-29-32-38-45)50(60-52)56-44-46-39-33-30-34-40-46/h29-34,37-40H,3-28,35-36,41-44H2,1-2H3. The lowest BCUT2D eigenvalue weighted by Gasteiger charge is -2.06. The highest BCUT2D eigenvalue weighted by Gasteiger charge is 2.31. The van der Waals surface area contributed by atoms with Crippen LogP contribution in [0.1, 0.15) is 205 Å². The highest BCUT2D eigenvalue weighted by molar-refractivity contribution is 8.45. The molecule has 0 bridgehead atoms. The number of rotatable bonds is 38. The van der Waals surface area contributed by atoms with Gasteiger partial charge in [-0.1, -0.05) is 289 Å². The van der Waals surface area contributed by atoms with Crippen LogP contribution in [0.15, 0.2) is 86.1 Å². The Morgan fingerprint density at radius 3 is 0.833 bits per heavy atom. The van der Waals surface area contributed by atoms with Gasteiger partial charge in [-0.05, 0) is 35.5 Å². The Bertz CT molecular complexity index is 1350. The predicted octanol–water partition coefficient (Wildman–Crippen LogP) is 21.6. The van der Waals surface area contributed by atoms with E-state index in [2.05, 4.69) is 145 Å². The molecule has 4 rings (SSSR count). The summed E-state index contributed by atoms with van der Waals surface area (Å²) < 4.78 is 9.22. The van der Waals surface area contributed by atoms with Crippen LogP contribution in [0.4, 0.5) is 0 Å². The molecule has 2 heterocycles. The lowest BCUT2D eigenvalue weighted by atomic mass is 10.0. The maximum Gasteiger partial charge on any atom is 0.0717 e. The molecule has 60 heavy (non-hydrogen) atoms. The molecule has 2 aromatic carbocycles. The number of hydrogen-bond donors (Lipinski definition) is 0. The third kappa shape index (κ3) is 24.7. The molecule has 2 aliphatic heterocycles. The van der Waals surface area contributed by atoms with Gasteiger partial charge in [0.25, 0.3) is 0 Å². The van der Waals surface area contributed by atoms with E-state index in [1.165, 1.54) is 219 Å². The Balaban J connectivity index is 1.21. The van der Waals surface area contributed by atoms with Gasteiger partial charge in [-0.2, -0.15) is 0 Å². The molecule has 336 valence electrons. The summed E-state index contributed by atoms with van der Waals surface area (Å²) in [5.74, 6) is 4.59. The zero-order valence-electron chi connectivity index (χ0n) is 37.7. The summed E-state index contributed by atoms with van der Waals surface area (Å²) in [5.41, 5.74) is 2.81. The summed E-state index contributed by atoms with van der Waals surface area (Å²) in [4.78, 5) is 0.